The van der Waals surface area contributed by atoms with Gasteiger partial charge >= 0.3 is 6.03 Å². The second-order valence-corrected chi connectivity index (χ2v) is 7.95. The van der Waals surface area contributed by atoms with Gasteiger partial charge in [0.25, 0.3) is 5.56 Å². The standard InChI is InChI=1S/C24H30N4O3/c1-17-6-11-22-18(14-17)15-19(23(29)26-22)16-28(13-5-12-27(2)3)24(30)25-20-7-9-21(31-4)10-8-20/h6-11,14-15H,5,12-13,16H2,1-4H3,(H,25,30)(H,26,29). The molecule has 7 heteroatoms. The minimum absolute atomic E-state index is 0.175. The minimum atomic E-state index is -0.243. The predicted molar refractivity (Wildman–Crippen MR) is 125 cm³/mol. The molecule has 0 radical (unpaired) electrons. The number of urea groups is 1. The average Bonchev–Trinajstić information content (AvgIpc) is 2.74. The summed E-state index contributed by atoms with van der Waals surface area (Å²) in [6, 6.07) is 14.7. The first-order chi connectivity index (χ1) is 14.9. The van der Waals surface area contributed by atoms with Crippen LogP contribution in [-0.4, -0.2) is 55.1 Å². The Morgan fingerprint density at radius 2 is 1.81 bits per heavy atom. The molecule has 0 spiro atoms. The third-order valence-electron chi connectivity index (χ3n) is 5.10. The number of fused-ring (bicyclic) bond motifs is 1. The number of methoxy groups -OCH3 is 1. The monoisotopic (exact) mass is 422 g/mol. The number of carbonyl (C=O) groups is 1. The highest BCUT2D eigenvalue weighted by molar-refractivity contribution is 5.89. The summed E-state index contributed by atoms with van der Waals surface area (Å²) in [6.45, 7) is 3.62. The molecule has 2 aromatic carbocycles. The van der Waals surface area contributed by atoms with Gasteiger partial charge in [0.05, 0.1) is 13.7 Å². The minimum Gasteiger partial charge on any atom is -0.497 e. The van der Waals surface area contributed by atoms with Gasteiger partial charge in [-0.2, -0.15) is 0 Å². The van der Waals surface area contributed by atoms with E-state index in [2.05, 4.69) is 15.2 Å². The first-order valence-corrected chi connectivity index (χ1v) is 10.3. The van der Waals surface area contributed by atoms with Crippen molar-refractivity contribution in [2.75, 3.05) is 39.6 Å². The summed E-state index contributed by atoms with van der Waals surface area (Å²) in [5.74, 6) is 0.721. The zero-order valence-corrected chi connectivity index (χ0v) is 18.6. The number of anilines is 1. The number of ether oxygens (including phenoxy) is 1. The Hall–Kier alpha value is -3.32. The Kier molecular flexibility index (Phi) is 7.31. The van der Waals surface area contributed by atoms with Crippen molar-refractivity contribution in [1.82, 2.24) is 14.8 Å². The molecule has 0 saturated carbocycles. The van der Waals surface area contributed by atoms with E-state index in [1.807, 2.05) is 45.3 Å². The number of H-pyrrole nitrogens is 1. The van der Waals surface area contributed by atoms with Crippen LogP contribution in [0.1, 0.15) is 17.5 Å². The lowest BCUT2D eigenvalue weighted by Gasteiger charge is -2.24. The van der Waals surface area contributed by atoms with Crippen molar-refractivity contribution >= 4 is 22.6 Å². The molecule has 1 aromatic heterocycles. The molecule has 0 aliphatic rings. The second-order valence-electron chi connectivity index (χ2n) is 7.95. The predicted octanol–water partition coefficient (Wildman–Crippen LogP) is 3.83. The fourth-order valence-electron chi connectivity index (χ4n) is 3.40. The van der Waals surface area contributed by atoms with Crippen molar-refractivity contribution < 1.29 is 9.53 Å². The van der Waals surface area contributed by atoms with Gasteiger partial charge in [-0.15, -0.1) is 0 Å². The molecule has 3 rings (SSSR count). The summed E-state index contributed by atoms with van der Waals surface area (Å²) < 4.78 is 5.17. The molecule has 7 nitrogen and oxygen atoms in total. The summed E-state index contributed by atoms with van der Waals surface area (Å²) in [7, 11) is 5.60. The molecule has 0 fully saturated rings. The number of nitrogens with zero attached hydrogens (tertiary/aromatic N) is 2. The zero-order valence-electron chi connectivity index (χ0n) is 18.6. The van der Waals surface area contributed by atoms with Crippen molar-refractivity contribution in [3.8, 4) is 5.75 Å². The highest BCUT2D eigenvalue weighted by atomic mass is 16.5. The van der Waals surface area contributed by atoms with E-state index < -0.39 is 0 Å². The molecular weight excluding hydrogens is 392 g/mol. The number of aromatic amines is 1. The van der Waals surface area contributed by atoms with Crippen LogP contribution in [0.4, 0.5) is 10.5 Å². The van der Waals surface area contributed by atoms with Gasteiger partial charge in [-0.3, -0.25) is 4.79 Å². The van der Waals surface area contributed by atoms with Crippen LogP contribution in [0.25, 0.3) is 10.9 Å². The molecular formula is C24H30N4O3. The number of amides is 2. The number of rotatable bonds is 8. The highest BCUT2D eigenvalue weighted by Gasteiger charge is 2.16. The van der Waals surface area contributed by atoms with E-state index in [1.54, 1.807) is 36.3 Å². The van der Waals surface area contributed by atoms with Crippen LogP contribution in [0.2, 0.25) is 0 Å². The zero-order chi connectivity index (χ0) is 22.4. The number of aromatic nitrogens is 1. The Balaban J connectivity index is 1.82. The van der Waals surface area contributed by atoms with Crippen molar-refractivity contribution in [3.05, 3.63) is 70.0 Å². The maximum absolute atomic E-state index is 13.0. The van der Waals surface area contributed by atoms with Crippen LogP contribution in [0.15, 0.2) is 53.3 Å². The van der Waals surface area contributed by atoms with Gasteiger partial charge in [-0.1, -0.05) is 11.6 Å². The Bertz CT molecular complexity index is 1090. The third-order valence-corrected chi connectivity index (χ3v) is 5.10. The summed E-state index contributed by atoms with van der Waals surface area (Å²) >= 11 is 0. The summed E-state index contributed by atoms with van der Waals surface area (Å²) in [5, 5.41) is 3.88. The van der Waals surface area contributed by atoms with E-state index in [4.69, 9.17) is 4.74 Å². The van der Waals surface area contributed by atoms with Crippen LogP contribution >= 0.6 is 0 Å². The first kappa shape index (κ1) is 22.4. The Morgan fingerprint density at radius 3 is 2.48 bits per heavy atom. The highest BCUT2D eigenvalue weighted by Crippen LogP contribution is 2.17. The molecule has 3 aromatic rings. The van der Waals surface area contributed by atoms with E-state index in [0.717, 1.165) is 35.2 Å². The van der Waals surface area contributed by atoms with Gasteiger partial charge in [0.2, 0.25) is 0 Å². The van der Waals surface area contributed by atoms with Gasteiger partial charge in [0.1, 0.15) is 5.75 Å². The lowest BCUT2D eigenvalue weighted by molar-refractivity contribution is 0.205. The summed E-state index contributed by atoms with van der Waals surface area (Å²) in [5.41, 5.74) is 2.97. The van der Waals surface area contributed by atoms with E-state index in [-0.39, 0.29) is 18.1 Å². The number of carbonyl (C=O) groups excluding carboxylic acids is 1. The lowest BCUT2D eigenvalue weighted by Crippen LogP contribution is -2.37. The average molecular weight is 423 g/mol. The van der Waals surface area contributed by atoms with Crippen molar-refractivity contribution in [1.29, 1.82) is 0 Å². The van der Waals surface area contributed by atoms with Crippen molar-refractivity contribution in [2.24, 2.45) is 0 Å². The Morgan fingerprint density at radius 1 is 1.06 bits per heavy atom. The van der Waals surface area contributed by atoms with E-state index >= 15 is 0 Å². The maximum Gasteiger partial charge on any atom is 0.322 e. The second kappa shape index (κ2) is 10.1. The topological polar surface area (TPSA) is 77.7 Å². The fraction of sp³-hybridized carbons (Fsp3) is 0.333. The maximum atomic E-state index is 13.0. The molecule has 164 valence electrons. The molecule has 0 aliphatic carbocycles. The number of nitrogens with one attached hydrogen (secondary N) is 2. The number of pyridine rings is 1. The fourth-order valence-corrected chi connectivity index (χ4v) is 3.40. The lowest BCUT2D eigenvalue weighted by atomic mass is 10.1. The smallest absolute Gasteiger partial charge is 0.322 e. The van der Waals surface area contributed by atoms with Crippen LogP contribution < -0.4 is 15.6 Å². The van der Waals surface area contributed by atoms with Crippen molar-refractivity contribution in [2.45, 2.75) is 19.9 Å². The molecule has 0 atom stereocenters. The first-order valence-electron chi connectivity index (χ1n) is 10.3. The van der Waals surface area contributed by atoms with Gasteiger partial charge in [-0.25, -0.2) is 4.79 Å². The van der Waals surface area contributed by atoms with Gasteiger partial charge in [-0.05, 0) is 81.8 Å². The Labute approximate surface area is 182 Å². The largest absolute Gasteiger partial charge is 0.497 e. The summed E-state index contributed by atoms with van der Waals surface area (Å²) in [6.07, 6.45) is 0.799. The molecule has 2 amide bonds. The van der Waals surface area contributed by atoms with Crippen LogP contribution in [-0.2, 0) is 6.54 Å². The number of hydrogen-bond acceptors (Lipinski definition) is 4. The van der Waals surface area contributed by atoms with Crippen molar-refractivity contribution in [3.63, 3.8) is 0 Å². The van der Waals surface area contributed by atoms with Crippen LogP contribution in [0, 0.1) is 6.92 Å². The molecule has 0 saturated heterocycles. The van der Waals surface area contributed by atoms with Crippen LogP contribution in [0.3, 0.4) is 0 Å². The summed E-state index contributed by atoms with van der Waals surface area (Å²) in [4.78, 5) is 32.4. The molecule has 2 N–H and O–H groups in total. The molecule has 0 aliphatic heterocycles. The molecule has 1 heterocycles. The van der Waals surface area contributed by atoms with E-state index in [1.165, 1.54) is 0 Å². The van der Waals surface area contributed by atoms with E-state index in [9.17, 15) is 9.59 Å². The SMILES string of the molecule is COc1ccc(NC(=O)N(CCCN(C)C)Cc2cc3cc(C)ccc3[nH]c2=O)cc1. The van der Waals surface area contributed by atoms with Crippen LogP contribution in [0.5, 0.6) is 5.75 Å². The number of aryl methyl sites for hydroxylation is 1. The normalized spacial score (nSPS) is 11.0. The third kappa shape index (κ3) is 6.08. The molecule has 0 bridgehead atoms. The quantitative estimate of drug-likeness (QED) is 0.578. The van der Waals surface area contributed by atoms with Gasteiger partial charge < -0.3 is 24.8 Å². The number of hydrogen-bond donors (Lipinski definition) is 2. The van der Waals surface area contributed by atoms with Gasteiger partial charge in [0, 0.05) is 23.3 Å². The van der Waals surface area contributed by atoms with E-state index in [0.29, 0.717) is 17.8 Å². The number of benzene rings is 2. The molecule has 0 unspecified atom stereocenters. The molecule has 31 heavy (non-hydrogen) atoms. The van der Waals surface area contributed by atoms with Gasteiger partial charge in [0.15, 0.2) is 0 Å².